The molecule has 1 aromatic heterocycles. The molecule has 1 fully saturated rings. The van der Waals surface area contributed by atoms with Crippen LogP contribution in [0, 0.1) is 0 Å². The number of rotatable bonds is 5. The average Bonchev–Trinajstić information content (AvgIpc) is 3.25. The molecule has 1 aliphatic rings. The topological polar surface area (TPSA) is 57.9 Å². The maximum absolute atomic E-state index is 13.0. The molecule has 172 valence electrons. The number of benzene rings is 2. The number of nitrogens with zero attached hydrogens (tertiary/aromatic N) is 4. The lowest BCUT2D eigenvalue weighted by Gasteiger charge is -2.34. The molecule has 1 saturated heterocycles. The number of amides is 2. The molecule has 1 aliphatic heterocycles. The molecule has 0 bridgehead atoms. The van der Waals surface area contributed by atoms with Gasteiger partial charge < -0.3 is 14.4 Å². The maximum atomic E-state index is 13.0. The first kappa shape index (κ1) is 23.7. The Labute approximate surface area is 206 Å². The predicted octanol–water partition coefficient (Wildman–Crippen LogP) is 4.42. The molecular formula is C24H24Cl2N4O2S. The van der Waals surface area contributed by atoms with Gasteiger partial charge in [-0.3, -0.25) is 9.59 Å². The van der Waals surface area contributed by atoms with E-state index in [9.17, 15) is 9.59 Å². The van der Waals surface area contributed by atoms with Crippen LogP contribution in [0.1, 0.15) is 33.2 Å². The Morgan fingerprint density at radius 2 is 1.85 bits per heavy atom. The predicted molar refractivity (Wildman–Crippen MR) is 132 cm³/mol. The van der Waals surface area contributed by atoms with E-state index in [2.05, 4.69) is 16.8 Å². The van der Waals surface area contributed by atoms with Crippen molar-refractivity contribution in [1.82, 2.24) is 14.4 Å². The van der Waals surface area contributed by atoms with Crippen LogP contribution in [0.15, 0.2) is 59.0 Å². The van der Waals surface area contributed by atoms with E-state index >= 15 is 0 Å². The molecule has 2 heterocycles. The van der Waals surface area contributed by atoms with Gasteiger partial charge in [-0.1, -0.05) is 42.3 Å². The summed E-state index contributed by atoms with van der Waals surface area (Å²) in [6, 6.07) is 12.4. The number of aromatic nitrogens is 1. The summed E-state index contributed by atoms with van der Waals surface area (Å²) < 4.78 is 1.88. The number of carbonyl (C=O) groups excluding carboxylic acids is 2. The zero-order valence-electron chi connectivity index (χ0n) is 18.2. The van der Waals surface area contributed by atoms with Crippen molar-refractivity contribution < 1.29 is 9.59 Å². The van der Waals surface area contributed by atoms with Crippen molar-refractivity contribution in [2.75, 3.05) is 32.7 Å². The van der Waals surface area contributed by atoms with Crippen LogP contribution in [-0.2, 0) is 6.54 Å². The summed E-state index contributed by atoms with van der Waals surface area (Å²) >= 11 is 13.4. The number of piperazine rings is 1. The fraction of sp³-hybridized carbons (Fsp3) is 0.292. The summed E-state index contributed by atoms with van der Waals surface area (Å²) in [5, 5.41) is 2.60. The van der Waals surface area contributed by atoms with Crippen LogP contribution in [0.2, 0.25) is 10.0 Å². The van der Waals surface area contributed by atoms with Crippen molar-refractivity contribution in [3.05, 3.63) is 85.6 Å². The molecule has 6 nitrogen and oxygen atoms in total. The van der Waals surface area contributed by atoms with Gasteiger partial charge in [0.05, 0.1) is 10.6 Å². The second-order valence-corrected chi connectivity index (χ2v) is 9.50. The Hall–Kier alpha value is -2.45. The first-order valence-electron chi connectivity index (χ1n) is 10.7. The summed E-state index contributed by atoms with van der Waals surface area (Å²) in [6.07, 6.45) is 1.87. The van der Waals surface area contributed by atoms with Gasteiger partial charge >= 0.3 is 0 Å². The Kier molecular flexibility index (Phi) is 7.65. The van der Waals surface area contributed by atoms with Crippen LogP contribution in [-0.4, -0.2) is 58.9 Å². The highest BCUT2D eigenvalue weighted by molar-refractivity contribution is 7.07. The van der Waals surface area contributed by atoms with Crippen molar-refractivity contribution in [2.24, 2.45) is 4.99 Å². The summed E-state index contributed by atoms with van der Waals surface area (Å²) in [4.78, 5) is 34.7. The number of hydrogen-bond donors (Lipinski definition) is 0. The fourth-order valence-corrected chi connectivity index (χ4v) is 4.98. The quantitative estimate of drug-likeness (QED) is 0.518. The van der Waals surface area contributed by atoms with E-state index in [1.807, 2.05) is 45.3 Å². The monoisotopic (exact) mass is 502 g/mol. The second-order valence-electron chi connectivity index (χ2n) is 7.78. The molecule has 0 atom stereocenters. The van der Waals surface area contributed by atoms with Crippen molar-refractivity contribution in [1.29, 1.82) is 0 Å². The van der Waals surface area contributed by atoms with Crippen LogP contribution in [0.4, 0.5) is 0 Å². The van der Waals surface area contributed by atoms with E-state index in [0.717, 1.165) is 38.3 Å². The molecule has 2 aromatic carbocycles. The number of likely N-dealkylation sites (N-methyl/N-ethyl adjacent to an activating group) is 1. The van der Waals surface area contributed by atoms with E-state index < -0.39 is 5.91 Å². The lowest BCUT2D eigenvalue weighted by Crippen LogP contribution is -2.48. The number of halogens is 2. The van der Waals surface area contributed by atoms with E-state index in [-0.39, 0.29) is 10.9 Å². The van der Waals surface area contributed by atoms with Crippen LogP contribution < -0.4 is 4.80 Å². The molecule has 33 heavy (non-hydrogen) atoms. The van der Waals surface area contributed by atoms with Gasteiger partial charge in [-0.05, 0) is 42.4 Å². The zero-order valence-corrected chi connectivity index (χ0v) is 20.5. The molecule has 0 spiro atoms. The van der Waals surface area contributed by atoms with Crippen molar-refractivity contribution in [3.8, 4) is 0 Å². The van der Waals surface area contributed by atoms with Gasteiger partial charge in [0, 0.05) is 54.9 Å². The molecular weight excluding hydrogens is 479 g/mol. The van der Waals surface area contributed by atoms with Crippen LogP contribution in [0.3, 0.4) is 0 Å². The van der Waals surface area contributed by atoms with Crippen LogP contribution in [0.5, 0.6) is 0 Å². The molecule has 2 amide bonds. The van der Waals surface area contributed by atoms with Gasteiger partial charge in [-0.15, -0.1) is 11.3 Å². The minimum Gasteiger partial charge on any atom is -0.336 e. The number of carbonyl (C=O) groups is 2. The Morgan fingerprint density at radius 3 is 2.58 bits per heavy atom. The molecule has 3 aromatic rings. The minimum atomic E-state index is -0.428. The third kappa shape index (κ3) is 5.73. The SMILES string of the molecule is CCN1CCN(C(=O)c2cccc(Cn3ccsc3=NC(=O)c3ccc(Cl)cc3Cl)c2)CC1. The van der Waals surface area contributed by atoms with Crippen LogP contribution in [0.25, 0.3) is 0 Å². The highest BCUT2D eigenvalue weighted by Gasteiger charge is 2.21. The lowest BCUT2D eigenvalue weighted by atomic mass is 10.1. The largest absolute Gasteiger partial charge is 0.336 e. The molecule has 0 saturated carbocycles. The molecule has 4 rings (SSSR count). The highest BCUT2D eigenvalue weighted by atomic mass is 35.5. The second kappa shape index (κ2) is 10.7. The number of thiazole rings is 1. The molecule has 0 N–H and O–H groups in total. The molecule has 0 unspecified atom stereocenters. The number of hydrogen-bond acceptors (Lipinski definition) is 4. The van der Waals surface area contributed by atoms with Gasteiger partial charge in [0.2, 0.25) is 0 Å². The van der Waals surface area contributed by atoms with Crippen LogP contribution >= 0.6 is 34.5 Å². The summed E-state index contributed by atoms with van der Waals surface area (Å²) in [6.45, 7) is 6.95. The summed E-state index contributed by atoms with van der Waals surface area (Å²) in [7, 11) is 0. The molecule has 9 heteroatoms. The van der Waals surface area contributed by atoms with E-state index in [0.29, 0.717) is 27.5 Å². The van der Waals surface area contributed by atoms with Crippen molar-refractivity contribution >= 4 is 46.4 Å². The van der Waals surface area contributed by atoms with E-state index in [4.69, 9.17) is 23.2 Å². The normalized spacial score (nSPS) is 15.1. The third-order valence-corrected chi connectivity index (χ3v) is 6.99. The van der Waals surface area contributed by atoms with Gasteiger partial charge in [0.25, 0.3) is 11.8 Å². The van der Waals surface area contributed by atoms with Gasteiger partial charge in [-0.2, -0.15) is 4.99 Å². The summed E-state index contributed by atoms with van der Waals surface area (Å²) in [5.41, 5.74) is 1.94. The van der Waals surface area contributed by atoms with Gasteiger partial charge in [-0.25, -0.2) is 0 Å². The van der Waals surface area contributed by atoms with E-state index in [1.54, 1.807) is 12.1 Å². The molecule has 0 radical (unpaired) electrons. The van der Waals surface area contributed by atoms with E-state index in [1.165, 1.54) is 17.4 Å². The van der Waals surface area contributed by atoms with Crippen molar-refractivity contribution in [3.63, 3.8) is 0 Å². The Bertz CT molecular complexity index is 1230. The smallest absolute Gasteiger partial charge is 0.281 e. The zero-order chi connectivity index (χ0) is 23.4. The molecule has 0 aliphatic carbocycles. The average molecular weight is 503 g/mol. The van der Waals surface area contributed by atoms with Crippen molar-refractivity contribution in [2.45, 2.75) is 13.5 Å². The highest BCUT2D eigenvalue weighted by Crippen LogP contribution is 2.21. The van der Waals surface area contributed by atoms with Gasteiger partial charge in [0.1, 0.15) is 0 Å². The van der Waals surface area contributed by atoms with Gasteiger partial charge in [0.15, 0.2) is 4.80 Å². The maximum Gasteiger partial charge on any atom is 0.281 e. The first-order valence-corrected chi connectivity index (χ1v) is 12.4. The Balaban J connectivity index is 1.51. The fourth-order valence-electron chi connectivity index (χ4n) is 3.77. The first-order chi connectivity index (χ1) is 15.9. The minimum absolute atomic E-state index is 0.0559. The third-order valence-electron chi connectivity index (χ3n) is 5.65. The standard InChI is InChI=1S/C24H24Cl2N4O2S/c1-2-28-8-10-29(11-9-28)23(32)18-5-3-4-17(14-18)16-30-12-13-33-24(30)27-22(31)20-7-6-19(25)15-21(20)26/h3-7,12-15H,2,8-11,16H2,1H3. The Morgan fingerprint density at radius 1 is 1.06 bits per heavy atom. The summed E-state index contributed by atoms with van der Waals surface area (Å²) in [5.74, 6) is -0.372. The lowest BCUT2D eigenvalue weighted by molar-refractivity contribution is 0.0643.